The van der Waals surface area contributed by atoms with Crippen molar-refractivity contribution in [1.82, 2.24) is 4.90 Å². The van der Waals surface area contributed by atoms with Gasteiger partial charge in [0.2, 0.25) is 5.91 Å². The second-order valence-corrected chi connectivity index (χ2v) is 3.86. The van der Waals surface area contributed by atoms with Crippen LogP contribution in [0.2, 0.25) is 0 Å². The lowest BCUT2D eigenvalue weighted by atomic mass is 9.96. The summed E-state index contributed by atoms with van der Waals surface area (Å²) in [5, 5.41) is 0. The smallest absolute Gasteiger partial charge is 0.222 e. The van der Waals surface area contributed by atoms with Crippen LogP contribution in [0.1, 0.15) is 39.5 Å². The number of likely N-dealkylation sites (tertiary alicyclic amines) is 1. The molecule has 1 aliphatic heterocycles. The molecule has 1 fully saturated rings. The molecule has 0 saturated carbocycles. The van der Waals surface area contributed by atoms with Gasteiger partial charge in [0.1, 0.15) is 0 Å². The zero-order valence-electron chi connectivity index (χ0n) is 8.62. The fourth-order valence-corrected chi connectivity index (χ4v) is 2.02. The first-order valence-corrected chi connectivity index (χ1v) is 5.22. The van der Waals surface area contributed by atoms with Crippen LogP contribution in [0.5, 0.6) is 0 Å². The van der Waals surface area contributed by atoms with Crippen LogP contribution in [0.4, 0.5) is 0 Å². The van der Waals surface area contributed by atoms with Gasteiger partial charge in [0.25, 0.3) is 0 Å². The summed E-state index contributed by atoms with van der Waals surface area (Å²) < 4.78 is 0. The molecule has 1 amide bonds. The standard InChI is InChI=1S/C10H20N2O/c1-3-10(13)12-7-5-4-6-9(12)8(2)11/h8-9H,3-7,11H2,1-2H3. The first-order chi connectivity index (χ1) is 6.16. The Balaban J connectivity index is 2.61. The molecular weight excluding hydrogens is 164 g/mol. The molecule has 76 valence electrons. The van der Waals surface area contributed by atoms with Crippen molar-refractivity contribution in [2.24, 2.45) is 5.73 Å². The van der Waals surface area contributed by atoms with Gasteiger partial charge in [-0.15, -0.1) is 0 Å². The molecule has 0 spiro atoms. The molecule has 0 aromatic rings. The number of nitrogens with zero attached hydrogens (tertiary/aromatic N) is 1. The van der Waals surface area contributed by atoms with Gasteiger partial charge in [-0.25, -0.2) is 0 Å². The minimum atomic E-state index is 0.107. The predicted molar refractivity (Wildman–Crippen MR) is 53.3 cm³/mol. The second kappa shape index (κ2) is 4.61. The van der Waals surface area contributed by atoms with Gasteiger partial charge in [0.15, 0.2) is 0 Å². The van der Waals surface area contributed by atoms with E-state index in [9.17, 15) is 4.79 Å². The van der Waals surface area contributed by atoms with E-state index in [1.54, 1.807) is 0 Å². The number of nitrogens with two attached hydrogens (primary N) is 1. The Morgan fingerprint density at radius 1 is 1.62 bits per heavy atom. The largest absolute Gasteiger partial charge is 0.338 e. The monoisotopic (exact) mass is 184 g/mol. The van der Waals surface area contributed by atoms with Crippen molar-refractivity contribution in [1.29, 1.82) is 0 Å². The Labute approximate surface area is 80.3 Å². The van der Waals surface area contributed by atoms with Crippen molar-refractivity contribution in [3.05, 3.63) is 0 Å². The van der Waals surface area contributed by atoms with Crippen molar-refractivity contribution in [2.75, 3.05) is 6.54 Å². The summed E-state index contributed by atoms with van der Waals surface area (Å²) >= 11 is 0. The van der Waals surface area contributed by atoms with Gasteiger partial charge < -0.3 is 10.6 Å². The van der Waals surface area contributed by atoms with Gasteiger partial charge in [0.05, 0.1) is 0 Å². The maximum atomic E-state index is 11.6. The van der Waals surface area contributed by atoms with Crippen LogP contribution in [0.25, 0.3) is 0 Å². The van der Waals surface area contributed by atoms with E-state index in [-0.39, 0.29) is 18.0 Å². The number of hydrogen-bond donors (Lipinski definition) is 1. The number of carbonyl (C=O) groups is 1. The topological polar surface area (TPSA) is 46.3 Å². The van der Waals surface area contributed by atoms with Crippen LogP contribution in [0, 0.1) is 0 Å². The molecule has 2 N–H and O–H groups in total. The van der Waals surface area contributed by atoms with Crippen LogP contribution in [-0.4, -0.2) is 29.4 Å². The molecule has 0 aromatic heterocycles. The molecule has 2 unspecified atom stereocenters. The SMILES string of the molecule is CCC(=O)N1CCCCC1C(C)N. The molecular formula is C10H20N2O. The summed E-state index contributed by atoms with van der Waals surface area (Å²) in [6.45, 7) is 4.81. The molecule has 2 atom stereocenters. The van der Waals surface area contributed by atoms with Gasteiger partial charge in [-0.05, 0) is 26.2 Å². The van der Waals surface area contributed by atoms with E-state index in [2.05, 4.69) is 0 Å². The van der Waals surface area contributed by atoms with Gasteiger partial charge in [-0.2, -0.15) is 0 Å². The summed E-state index contributed by atoms with van der Waals surface area (Å²) in [5.74, 6) is 0.252. The third-order valence-corrected chi connectivity index (χ3v) is 2.78. The van der Waals surface area contributed by atoms with Crippen molar-refractivity contribution < 1.29 is 4.79 Å². The van der Waals surface area contributed by atoms with Crippen LogP contribution >= 0.6 is 0 Å². The lowest BCUT2D eigenvalue weighted by molar-refractivity contribution is -0.134. The molecule has 0 bridgehead atoms. The Morgan fingerprint density at radius 3 is 2.85 bits per heavy atom. The lowest BCUT2D eigenvalue weighted by Crippen LogP contribution is -2.51. The van der Waals surface area contributed by atoms with Crippen LogP contribution in [0.3, 0.4) is 0 Å². The molecule has 1 heterocycles. The Bertz CT molecular complexity index is 180. The van der Waals surface area contributed by atoms with Crippen molar-refractivity contribution in [2.45, 2.75) is 51.6 Å². The van der Waals surface area contributed by atoms with E-state index < -0.39 is 0 Å². The lowest BCUT2D eigenvalue weighted by Gasteiger charge is -2.38. The molecule has 1 saturated heterocycles. The maximum Gasteiger partial charge on any atom is 0.222 e. The Kier molecular flexibility index (Phi) is 3.72. The van der Waals surface area contributed by atoms with E-state index in [0.29, 0.717) is 6.42 Å². The highest BCUT2D eigenvalue weighted by atomic mass is 16.2. The van der Waals surface area contributed by atoms with E-state index >= 15 is 0 Å². The summed E-state index contributed by atoms with van der Waals surface area (Å²) in [5.41, 5.74) is 5.86. The fraction of sp³-hybridized carbons (Fsp3) is 0.900. The average molecular weight is 184 g/mol. The van der Waals surface area contributed by atoms with Gasteiger partial charge >= 0.3 is 0 Å². The van der Waals surface area contributed by atoms with E-state index in [0.717, 1.165) is 19.4 Å². The molecule has 1 rings (SSSR count). The summed E-state index contributed by atoms with van der Waals surface area (Å²) in [4.78, 5) is 13.5. The zero-order chi connectivity index (χ0) is 9.84. The molecule has 0 aromatic carbocycles. The molecule has 13 heavy (non-hydrogen) atoms. The highest BCUT2D eigenvalue weighted by Crippen LogP contribution is 2.19. The molecule has 0 aliphatic carbocycles. The zero-order valence-corrected chi connectivity index (χ0v) is 8.62. The number of rotatable bonds is 2. The third kappa shape index (κ3) is 2.44. The number of piperidine rings is 1. The van der Waals surface area contributed by atoms with E-state index in [1.165, 1.54) is 6.42 Å². The minimum Gasteiger partial charge on any atom is -0.338 e. The van der Waals surface area contributed by atoms with E-state index in [4.69, 9.17) is 5.73 Å². The first kappa shape index (κ1) is 10.5. The highest BCUT2D eigenvalue weighted by molar-refractivity contribution is 5.76. The highest BCUT2D eigenvalue weighted by Gasteiger charge is 2.27. The predicted octanol–water partition coefficient (Wildman–Crippen LogP) is 1.12. The Morgan fingerprint density at radius 2 is 2.31 bits per heavy atom. The second-order valence-electron chi connectivity index (χ2n) is 3.86. The molecule has 1 aliphatic rings. The van der Waals surface area contributed by atoms with Gasteiger partial charge in [0, 0.05) is 25.0 Å². The van der Waals surface area contributed by atoms with Crippen LogP contribution < -0.4 is 5.73 Å². The summed E-state index contributed by atoms with van der Waals surface area (Å²) in [7, 11) is 0. The number of hydrogen-bond acceptors (Lipinski definition) is 2. The van der Waals surface area contributed by atoms with Crippen LogP contribution in [-0.2, 0) is 4.79 Å². The maximum absolute atomic E-state index is 11.6. The first-order valence-electron chi connectivity index (χ1n) is 5.22. The Hall–Kier alpha value is -0.570. The quantitative estimate of drug-likeness (QED) is 0.699. The molecule has 3 nitrogen and oxygen atoms in total. The number of amides is 1. The fourth-order valence-electron chi connectivity index (χ4n) is 2.02. The normalized spacial score (nSPS) is 25.8. The van der Waals surface area contributed by atoms with E-state index in [1.807, 2.05) is 18.7 Å². The van der Waals surface area contributed by atoms with Gasteiger partial charge in [-0.1, -0.05) is 6.92 Å². The average Bonchev–Trinajstić information content (AvgIpc) is 2.16. The number of carbonyl (C=O) groups excluding carboxylic acids is 1. The third-order valence-electron chi connectivity index (χ3n) is 2.78. The van der Waals surface area contributed by atoms with Crippen molar-refractivity contribution in [3.8, 4) is 0 Å². The minimum absolute atomic E-state index is 0.107. The van der Waals surface area contributed by atoms with Crippen LogP contribution in [0.15, 0.2) is 0 Å². The summed E-state index contributed by atoms with van der Waals surface area (Å²) in [6, 6.07) is 0.386. The summed E-state index contributed by atoms with van der Waals surface area (Å²) in [6.07, 6.45) is 4.02. The van der Waals surface area contributed by atoms with Gasteiger partial charge in [-0.3, -0.25) is 4.79 Å². The molecule has 3 heteroatoms. The van der Waals surface area contributed by atoms with Crippen molar-refractivity contribution >= 4 is 5.91 Å². The molecule has 0 radical (unpaired) electrons. The van der Waals surface area contributed by atoms with Crippen molar-refractivity contribution in [3.63, 3.8) is 0 Å².